The average Bonchev–Trinajstić information content (AvgIpc) is 2.87. The van der Waals surface area contributed by atoms with E-state index in [9.17, 15) is 8.42 Å². The highest BCUT2D eigenvalue weighted by Gasteiger charge is 2.22. The maximum absolute atomic E-state index is 12.2. The third-order valence-electron chi connectivity index (χ3n) is 3.90. The molecule has 6 heteroatoms. The van der Waals surface area contributed by atoms with Gasteiger partial charge in [-0.1, -0.05) is 19.8 Å². The summed E-state index contributed by atoms with van der Waals surface area (Å²) in [5.74, 6) is 1.20. The zero-order valence-electron chi connectivity index (χ0n) is 12.0. The van der Waals surface area contributed by atoms with Crippen LogP contribution in [0.2, 0.25) is 0 Å². The maximum Gasteiger partial charge on any atom is 0.250 e. The van der Waals surface area contributed by atoms with Crippen molar-refractivity contribution < 1.29 is 8.42 Å². The van der Waals surface area contributed by atoms with Gasteiger partial charge in [-0.15, -0.1) is 11.3 Å². The van der Waals surface area contributed by atoms with E-state index < -0.39 is 10.0 Å². The first-order valence-corrected chi connectivity index (χ1v) is 9.59. The van der Waals surface area contributed by atoms with Gasteiger partial charge in [0, 0.05) is 11.4 Å². The number of nitrogens with two attached hydrogens (primary N) is 1. The van der Waals surface area contributed by atoms with Crippen LogP contribution in [0.25, 0.3) is 0 Å². The lowest BCUT2D eigenvalue weighted by Gasteiger charge is -2.26. The first kappa shape index (κ1) is 15.9. The summed E-state index contributed by atoms with van der Waals surface area (Å²) in [5.41, 5.74) is 5.49. The molecule has 2 unspecified atom stereocenters. The van der Waals surface area contributed by atoms with Gasteiger partial charge in [-0.3, -0.25) is 0 Å². The number of nitrogens with one attached hydrogen (secondary N) is 1. The molecular weight excluding hydrogens is 292 g/mol. The topological polar surface area (TPSA) is 72.2 Å². The second kappa shape index (κ2) is 7.02. The van der Waals surface area contributed by atoms with Crippen molar-refractivity contribution in [2.45, 2.75) is 43.2 Å². The predicted octanol–water partition coefficient (Wildman–Crippen LogP) is 2.35. The van der Waals surface area contributed by atoms with Gasteiger partial charge in [0.25, 0.3) is 0 Å². The number of sulfonamides is 1. The molecule has 3 N–H and O–H groups in total. The Kier molecular flexibility index (Phi) is 5.60. The summed E-state index contributed by atoms with van der Waals surface area (Å²) in [5, 5.41) is 0. The van der Waals surface area contributed by atoms with Crippen LogP contribution in [-0.2, 0) is 16.4 Å². The van der Waals surface area contributed by atoms with Crippen LogP contribution in [0.15, 0.2) is 16.3 Å². The van der Waals surface area contributed by atoms with Crippen molar-refractivity contribution in [3.05, 3.63) is 17.0 Å². The fraction of sp³-hybridized carbons (Fsp3) is 0.714. The molecule has 4 nitrogen and oxygen atoms in total. The zero-order chi connectivity index (χ0) is 14.6. The molecule has 1 saturated carbocycles. The Morgan fingerprint density at radius 2 is 2.20 bits per heavy atom. The Bertz CT molecular complexity index is 525. The first-order chi connectivity index (χ1) is 9.51. The molecule has 0 amide bonds. The van der Waals surface area contributed by atoms with Gasteiger partial charge in [0.1, 0.15) is 4.21 Å². The monoisotopic (exact) mass is 316 g/mol. The number of rotatable bonds is 6. The van der Waals surface area contributed by atoms with Gasteiger partial charge in [-0.25, -0.2) is 13.1 Å². The molecule has 1 aromatic heterocycles. The van der Waals surface area contributed by atoms with Crippen molar-refractivity contribution in [3.8, 4) is 0 Å². The fourth-order valence-corrected chi connectivity index (χ4v) is 5.35. The van der Waals surface area contributed by atoms with Gasteiger partial charge in [-0.2, -0.15) is 0 Å². The molecule has 0 aromatic carbocycles. The largest absolute Gasteiger partial charge is 0.330 e. The second-order valence-electron chi connectivity index (χ2n) is 5.75. The maximum atomic E-state index is 12.2. The molecule has 2 rings (SSSR count). The molecule has 0 spiro atoms. The Morgan fingerprint density at radius 1 is 1.40 bits per heavy atom. The van der Waals surface area contributed by atoms with Crippen LogP contribution in [0, 0.1) is 11.8 Å². The summed E-state index contributed by atoms with van der Waals surface area (Å²) in [6, 6.07) is 3.54. The van der Waals surface area contributed by atoms with Gasteiger partial charge < -0.3 is 5.73 Å². The lowest BCUT2D eigenvalue weighted by Crippen LogP contribution is -2.31. The van der Waals surface area contributed by atoms with E-state index in [0.717, 1.165) is 30.1 Å². The highest BCUT2D eigenvalue weighted by atomic mass is 32.2. The number of hydrogen-bond acceptors (Lipinski definition) is 4. The minimum Gasteiger partial charge on any atom is -0.330 e. The van der Waals surface area contributed by atoms with Crippen LogP contribution in [0.3, 0.4) is 0 Å². The highest BCUT2D eigenvalue weighted by Crippen LogP contribution is 2.28. The van der Waals surface area contributed by atoms with E-state index in [1.165, 1.54) is 24.2 Å². The molecule has 0 radical (unpaired) electrons. The smallest absolute Gasteiger partial charge is 0.250 e. The summed E-state index contributed by atoms with van der Waals surface area (Å²) in [7, 11) is -3.35. The molecular formula is C14H24N2O2S2. The van der Waals surface area contributed by atoms with Gasteiger partial charge >= 0.3 is 0 Å². The number of hydrogen-bond donors (Lipinski definition) is 2. The Labute approximate surface area is 125 Å². The van der Waals surface area contributed by atoms with Crippen LogP contribution in [0.1, 0.15) is 37.5 Å². The third-order valence-corrected chi connectivity index (χ3v) is 6.96. The van der Waals surface area contributed by atoms with Crippen LogP contribution in [0.4, 0.5) is 0 Å². The van der Waals surface area contributed by atoms with Crippen LogP contribution in [-0.4, -0.2) is 21.5 Å². The second-order valence-corrected chi connectivity index (χ2v) is 8.91. The molecule has 1 heterocycles. The summed E-state index contributed by atoms with van der Waals surface area (Å²) >= 11 is 1.32. The molecule has 20 heavy (non-hydrogen) atoms. The minimum atomic E-state index is -3.35. The molecule has 2 atom stereocenters. The Balaban J connectivity index is 1.92. The van der Waals surface area contributed by atoms with Crippen molar-refractivity contribution >= 4 is 21.4 Å². The van der Waals surface area contributed by atoms with Crippen molar-refractivity contribution in [3.63, 3.8) is 0 Å². The van der Waals surface area contributed by atoms with Gasteiger partial charge in [0.2, 0.25) is 10.0 Å². The lowest BCUT2D eigenvalue weighted by atomic mass is 9.83. The van der Waals surface area contributed by atoms with Crippen molar-refractivity contribution in [2.24, 2.45) is 17.6 Å². The molecule has 0 aliphatic heterocycles. The highest BCUT2D eigenvalue weighted by molar-refractivity contribution is 7.91. The van der Waals surface area contributed by atoms with E-state index in [4.69, 9.17) is 5.73 Å². The van der Waals surface area contributed by atoms with Crippen molar-refractivity contribution in [1.82, 2.24) is 4.72 Å². The minimum absolute atomic E-state index is 0.407. The summed E-state index contributed by atoms with van der Waals surface area (Å²) in [6.45, 7) is 3.36. The fourth-order valence-electron chi connectivity index (χ4n) is 2.82. The summed E-state index contributed by atoms with van der Waals surface area (Å²) in [4.78, 5) is 1.03. The van der Waals surface area contributed by atoms with Crippen molar-refractivity contribution in [2.75, 3.05) is 13.1 Å². The quantitative estimate of drug-likeness (QED) is 0.846. The zero-order valence-corrected chi connectivity index (χ0v) is 13.6. The molecule has 1 fully saturated rings. The van der Waals surface area contributed by atoms with Crippen LogP contribution in [0.5, 0.6) is 0 Å². The molecule has 1 aliphatic carbocycles. The SMILES string of the molecule is CC1CCCC(CNS(=O)(=O)c2ccc(CCN)s2)C1. The van der Waals surface area contributed by atoms with E-state index in [2.05, 4.69) is 11.6 Å². The standard InChI is InChI=1S/C14H24N2O2S2/c1-11-3-2-4-12(9-11)10-16-20(17,18)14-6-5-13(19-14)7-8-15/h5-6,11-12,16H,2-4,7-10,15H2,1H3. The number of thiophene rings is 1. The first-order valence-electron chi connectivity index (χ1n) is 7.29. The molecule has 114 valence electrons. The van der Waals surface area contributed by atoms with Crippen LogP contribution < -0.4 is 10.5 Å². The van der Waals surface area contributed by atoms with Crippen LogP contribution >= 0.6 is 11.3 Å². The normalized spacial score (nSPS) is 23.9. The molecule has 0 saturated heterocycles. The van der Waals surface area contributed by atoms with Crippen molar-refractivity contribution in [1.29, 1.82) is 0 Å². The predicted molar refractivity (Wildman–Crippen MR) is 83.4 cm³/mol. The molecule has 0 bridgehead atoms. The third kappa shape index (κ3) is 4.28. The molecule has 1 aromatic rings. The van der Waals surface area contributed by atoms with Gasteiger partial charge in [0.05, 0.1) is 0 Å². The lowest BCUT2D eigenvalue weighted by molar-refractivity contribution is 0.283. The van der Waals surface area contributed by atoms with E-state index in [0.29, 0.717) is 23.2 Å². The summed E-state index contributed by atoms with van der Waals surface area (Å²) < 4.78 is 27.7. The van der Waals surface area contributed by atoms with E-state index in [1.807, 2.05) is 6.07 Å². The Morgan fingerprint density at radius 3 is 2.90 bits per heavy atom. The van der Waals surface area contributed by atoms with E-state index in [1.54, 1.807) is 6.07 Å². The Hall–Kier alpha value is -0.430. The van der Waals surface area contributed by atoms with Gasteiger partial charge in [0.15, 0.2) is 0 Å². The van der Waals surface area contributed by atoms with E-state index >= 15 is 0 Å². The van der Waals surface area contributed by atoms with E-state index in [-0.39, 0.29) is 0 Å². The van der Waals surface area contributed by atoms with Gasteiger partial charge in [-0.05, 0) is 49.8 Å². The summed E-state index contributed by atoms with van der Waals surface area (Å²) in [6.07, 6.45) is 5.49. The average molecular weight is 316 g/mol. The molecule has 1 aliphatic rings.